The molecule has 0 saturated carbocycles. The van der Waals surface area contributed by atoms with Gasteiger partial charge in [-0.3, -0.25) is 4.90 Å². The van der Waals surface area contributed by atoms with Gasteiger partial charge in [-0.1, -0.05) is 0 Å². The van der Waals surface area contributed by atoms with Gasteiger partial charge in [0.25, 0.3) is 0 Å². The van der Waals surface area contributed by atoms with E-state index in [4.69, 9.17) is 0 Å². The van der Waals surface area contributed by atoms with Crippen molar-refractivity contribution in [1.29, 1.82) is 0 Å². The van der Waals surface area contributed by atoms with Gasteiger partial charge >= 0.3 is 0 Å². The lowest BCUT2D eigenvalue weighted by Gasteiger charge is -2.49. The van der Waals surface area contributed by atoms with Crippen molar-refractivity contribution in [3.8, 4) is 0 Å². The first kappa shape index (κ1) is 15.5. The van der Waals surface area contributed by atoms with Crippen molar-refractivity contribution in [1.82, 2.24) is 19.8 Å². The van der Waals surface area contributed by atoms with Crippen molar-refractivity contribution < 1.29 is 0 Å². The van der Waals surface area contributed by atoms with Gasteiger partial charge in [0, 0.05) is 36.1 Å². The normalized spacial score (nSPS) is 22.4. The van der Waals surface area contributed by atoms with E-state index in [1.54, 1.807) is 0 Å². The Hall–Kier alpha value is -0.870. The zero-order valence-electron chi connectivity index (χ0n) is 13.9. The van der Waals surface area contributed by atoms with Crippen LogP contribution in [0.3, 0.4) is 0 Å². The molecule has 114 valence electrons. The average molecular weight is 278 g/mol. The lowest BCUT2D eigenvalue weighted by Crippen LogP contribution is -2.61. The van der Waals surface area contributed by atoms with E-state index in [0.29, 0.717) is 6.04 Å². The van der Waals surface area contributed by atoms with Gasteiger partial charge in [-0.2, -0.15) is 0 Å². The summed E-state index contributed by atoms with van der Waals surface area (Å²) in [5.41, 5.74) is 0.391. The predicted octanol–water partition coefficient (Wildman–Crippen LogP) is 2.64. The van der Waals surface area contributed by atoms with Gasteiger partial charge in [-0.05, 0) is 54.5 Å². The monoisotopic (exact) mass is 278 g/mol. The Morgan fingerprint density at radius 3 is 2.45 bits per heavy atom. The number of nitrogens with zero attached hydrogens (tertiary/aromatic N) is 3. The minimum absolute atomic E-state index is 0.195. The topological polar surface area (TPSA) is 33.1 Å². The number of piperidine rings is 1. The van der Waals surface area contributed by atoms with Crippen LogP contribution in [0.1, 0.15) is 53.3 Å². The molecule has 0 bridgehead atoms. The van der Waals surface area contributed by atoms with Gasteiger partial charge in [-0.15, -0.1) is 0 Å². The Morgan fingerprint density at radius 2 is 1.90 bits per heavy atom. The number of aryl methyl sites for hydroxylation is 1. The minimum atomic E-state index is 0.195. The van der Waals surface area contributed by atoms with Crippen LogP contribution in [0.15, 0.2) is 12.4 Å². The van der Waals surface area contributed by atoms with Crippen molar-refractivity contribution in [2.45, 2.75) is 77.7 Å². The lowest BCUT2D eigenvalue weighted by atomic mass is 9.79. The van der Waals surface area contributed by atoms with Crippen molar-refractivity contribution in [3.63, 3.8) is 0 Å². The molecule has 0 amide bonds. The van der Waals surface area contributed by atoms with E-state index in [1.165, 1.54) is 18.7 Å². The average Bonchev–Trinajstić information content (AvgIpc) is 2.72. The summed E-state index contributed by atoms with van der Waals surface area (Å²) >= 11 is 0. The van der Waals surface area contributed by atoms with E-state index in [0.717, 1.165) is 13.1 Å². The summed E-state index contributed by atoms with van der Waals surface area (Å²) in [6.45, 7) is 13.3. The molecule has 1 fully saturated rings. The van der Waals surface area contributed by atoms with Crippen molar-refractivity contribution in [2.24, 2.45) is 0 Å². The molecule has 20 heavy (non-hydrogen) atoms. The molecule has 4 heteroatoms. The summed E-state index contributed by atoms with van der Waals surface area (Å²) in [5.74, 6) is 1.17. The third-order valence-electron chi connectivity index (χ3n) is 4.33. The molecule has 0 spiro atoms. The maximum absolute atomic E-state index is 4.50. The first-order valence-electron chi connectivity index (χ1n) is 7.72. The highest BCUT2D eigenvalue weighted by Crippen LogP contribution is 2.31. The Bertz CT molecular complexity index is 431. The van der Waals surface area contributed by atoms with Crippen LogP contribution >= 0.6 is 0 Å². The molecule has 2 heterocycles. The first-order chi connectivity index (χ1) is 9.22. The molecule has 0 aliphatic carbocycles. The number of rotatable bonds is 4. The zero-order chi connectivity index (χ0) is 15.0. The standard InChI is InChI=1S/C16H30N4/c1-7-20-9-8-17-14(20)12-19(6)13-10-15(2,3)18-16(4,5)11-13/h8-9,13,18H,7,10-12H2,1-6H3. The number of imidazole rings is 1. The number of nitrogens with one attached hydrogen (secondary N) is 1. The third-order valence-corrected chi connectivity index (χ3v) is 4.33. The first-order valence-corrected chi connectivity index (χ1v) is 7.72. The molecule has 0 radical (unpaired) electrons. The molecule has 0 atom stereocenters. The lowest BCUT2D eigenvalue weighted by molar-refractivity contribution is 0.0757. The fraction of sp³-hybridized carbons (Fsp3) is 0.812. The summed E-state index contributed by atoms with van der Waals surface area (Å²) < 4.78 is 2.23. The van der Waals surface area contributed by atoms with Crippen LogP contribution in [0.2, 0.25) is 0 Å². The second kappa shape index (κ2) is 5.49. The van der Waals surface area contributed by atoms with E-state index >= 15 is 0 Å². The second-order valence-corrected chi connectivity index (χ2v) is 7.50. The van der Waals surface area contributed by atoms with Gasteiger partial charge in [0.1, 0.15) is 5.82 Å². The maximum Gasteiger partial charge on any atom is 0.122 e. The SMILES string of the molecule is CCn1ccnc1CN(C)C1CC(C)(C)NC(C)(C)C1. The molecule has 1 aromatic heterocycles. The summed E-state index contributed by atoms with van der Waals surface area (Å²) in [6, 6.07) is 0.600. The second-order valence-electron chi connectivity index (χ2n) is 7.50. The van der Waals surface area contributed by atoms with Crippen LogP contribution in [0.25, 0.3) is 0 Å². The Balaban J connectivity index is 2.07. The zero-order valence-corrected chi connectivity index (χ0v) is 13.9. The van der Waals surface area contributed by atoms with E-state index < -0.39 is 0 Å². The molecule has 2 rings (SSSR count). The molecular formula is C16H30N4. The van der Waals surface area contributed by atoms with Crippen LogP contribution in [-0.2, 0) is 13.1 Å². The molecule has 1 aliphatic rings. The molecule has 1 aliphatic heterocycles. The molecule has 1 saturated heterocycles. The highest BCUT2D eigenvalue weighted by Gasteiger charge is 2.39. The highest BCUT2D eigenvalue weighted by molar-refractivity contribution is 5.01. The molecule has 0 unspecified atom stereocenters. The fourth-order valence-corrected chi connectivity index (χ4v) is 3.71. The van der Waals surface area contributed by atoms with Crippen molar-refractivity contribution in [2.75, 3.05) is 7.05 Å². The van der Waals surface area contributed by atoms with Gasteiger partial charge in [-0.25, -0.2) is 4.98 Å². The van der Waals surface area contributed by atoms with E-state index in [2.05, 4.69) is 67.6 Å². The van der Waals surface area contributed by atoms with Crippen LogP contribution in [0.4, 0.5) is 0 Å². The maximum atomic E-state index is 4.50. The molecule has 4 nitrogen and oxygen atoms in total. The summed E-state index contributed by atoms with van der Waals surface area (Å²) in [4.78, 5) is 6.97. The fourth-order valence-electron chi connectivity index (χ4n) is 3.71. The molecule has 1 N–H and O–H groups in total. The van der Waals surface area contributed by atoms with Crippen molar-refractivity contribution >= 4 is 0 Å². The minimum Gasteiger partial charge on any atom is -0.334 e. The van der Waals surface area contributed by atoms with Gasteiger partial charge in [0.2, 0.25) is 0 Å². The summed E-state index contributed by atoms with van der Waals surface area (Å²) in [7, 11) is 2.23. The summed E-state index contributed by atoms with van der Waals surface area (Å²) in [5, 5.41) is 3.75. The van der Waals surface area contributed by atoms with Crippen molar-refractivity contribution in [3.05, 3.63) is 18.2 Å². The third kappa shape index (κ3) is 3.61. The van der Waals surface area contributed by atoms with Gasteiger partial charge in [0.15, 0.2) is 0 Å². The predicted molar refractivity (Wildman–Crippen MR) is 83.7 cm³/mol. The smallest absolute Gasteiger partial charge is 0.122 e. The molecule has 1 aromatic rings. The van der Waals surface area contributed by atoms with Crippen LogP contribution in [-0.4, -0.2) is 38.6 Å². The van der Waals surface area contributed by atoms with Crippen LogP contribution < -0.4 is 5.32 Å². The molecular weight excluding hydrogens is 248 g/mol. The van der Waals surface area contributed by atoms with Gasteiger partial charge in [0.05, 0.1) is 6.54 Å². The number of hydrogen-bond acceptors (Lipinski definition) is 3. The highest BCUT2D eigenvalue weighted by atomic mass is 15.2. The van der Waals surface area contributed by atoms with Gasteiger partial charge < -0.3 is 9.88 Å². The van der Waals surface area contributed by atoms with E-state index in [9.17, 15) is 0 Å². The summed E-state index contributed by atoms with van der Waals surface area (Å²) in [6.07, 6.45) is 6.34. The van der Waals surface area contributed by atoms with E-state index in [-0.39, 0.29) is 11.1 Å². The Kier molecular flexibility index (Phi) is 4.26. The van der Waals surface area contributed by atoms with E-state index in [1.807, 2.05) is 6.20 Å². The number of hydrogen-bond donors (Lipinski definition) is 1. The number of aromatic nitrogens is 2. The Labute approximate surface area is 123 Å². The quantitative estimate of drug-likeness (QED) is 0.919. The van der Waals surface area contributed by atoms with Crippen LogP contribution in [0.5, 0.6) is 0 Å². The Morgan fingerprint density at radius 1 is 1.30 bits per heavy atom. The van der Waals surface area contributed by atoms with Crippen LogP contribution in [0, 0.1) is 0 Å². The molecule has 0 aromatic carbocycles. The largest absolute Gasteiger partial charge is 0.334 e.